The molecule has 9 nitrogen and oxygen atoms in total. The van der Waals surface area contributed by atoms with Crippen molar-refractivity contribution >= 4 is 35.1 Å². The van der Waals surface area contributed by atoms with Crippen molar-refractivity contribution in [1.82, 2.24) is 20.2 Å². The van der Waals surface area contributed by atoms with Crippen molar-refractivity contribution in [3.63, 3.8) is 0 Å². The van der Waals surface area contributed by atoms with E-state index < -0.39 is 0 Å². The lowest BCUT2D eigenvalue weighted by Gasteiger charge is -2.30. The van der Waals surface area contributed by atoms with E-state index in [9.17, 15) is 9.59 Å². The van der Waals surface area contributed by atoms with Gasteiger partial charge in [-0.25, -0.2) is 15.0 Å². The van der Waals surface area contributed by atoms with Crippen LogP contribution in [0.3, 0.4) is 0 Å². The molecule has 39 heavy (non-hydrogen) atoms. The highest BCUT2D eigenvalue weighted by Gasteiger charge is 2.58. The first-order valence-corrected chi connectivity index (χ1v) is 14.3. The van der Waals surface area contributed by atoms with Crippen molar-refractivity contribution < 1.29 is 9.59 Å². The topological polar surface area (TPSA) is 126 Å². The molecule has 4 rings (SSSR count). The Bertz CT molecular complexity index is 1140. The van der Waals surface area contributed by atoms with Crippen LogP contribution in [0.15, 0.2) is 40.4 Å². The molecule has 0 aromatic carbocycles. The molecule has 1 aromatic rings. The summed E-state index contributed by atoms with van der Waals surface area (Å²) in [5, 5.41) is 3.38. The van der Waals surface area contributed by atoms with Gasteiger partial charge in [-0.3, -0.25) is 14.6 Å². The van der Waals surface area contributed by atoms with Gasteiger partial charge in [-0.2, -0.15) is 0 Å². The van der Waals surface area contributed by atoms with Gasteiger partial charge in [0, 0.05) is 61.3 Å². The number of carbonyl (C=O) groups is 2. The van der Waals surface area contributed by atoms with Crippen LogP contribution < -0.4 is 11.1 Å². The molecule has 1 saturated carbocycles. The maximum Gasteiger partial charge on any atom is 0.249 e. The third-order valence-electron chi connectivity index (χ3n) is 8.46. The minimum Gasteiger partial charge on any atom is -0.404 e. The van der Waals surface area contributed by atoms with E-state index in [1.807, 2.05) is 20.0 Å². The average molecular weight is 534 g/mol. The number of aliphatic imine (C=N–C) groups is 2. The van der Waals surface area contributed by atoms with E-state index in [4.69, 9.17) is 10.7 Å². The number of aromatic nitrogens is 2. The number of unbranched alkanes of at least 4 members (excludes halogenated alkanes) is 2. The highest BCUT2D eigenvalue weighted by molar-refractivity contribution is 6.03. The van der Waals surface area contributed by atoms with E-state index >= 15 is 0 Å². The van der Waals surface area contributed by atoms with Gasteiger partial charge in [0.05, 0.1) is 6.04 Å². The molecule has 9 heteroatoms. The van der Waals surface area contributed by atoms with Gasteiger partial charge in [-0.05, 0) is 81.9 Å². The number of Topliss-reactive ketones (excluding diaryl/α,β-unsaturated/α-hetero) is 1. The zero-order chi connectivity index (χ0) is 27.8. The van der Waals surface area contributed by atoms with E-state index in [1.54, 1.807) is 18.6 Å². The van der Waals surface area contributed by atoms with Crippen LogP contribution in [0.4, 0.5) is 5.95 Å². The lowest BCUT2D eigenvalue weighted by Crippen LogP contribution is -2.43. The highest BCUT2D eigenvalue weighted by Crippen LogP contribution is 2.59. The Morgan fingerprint density at radius 2 is 1.97 bits per heavy atom. The van der Waals surface area contributed by atoms with Crippen LogP contribution in [0.5, 0.6) is 0 Å². The fourth-order valence-corrected chi connectivity index (χ4v) is 5.55. The monoisotopic (exact) mass is 533 g/mol. The van der Waals surface area contributed by atoms with E-state index in [1.165, 1.54) is 6.20 Å². The lowest BCUT2D eigenvalue weighted by atomic mass is 9.90. The number of ketones is 1. The molecule has 0 bridgehead atoms. The molecule has 2 aliphatic heterocycles. The third kappa shape index (κ3) is 7.68. The number of amides is 1. The van der Waals surface area contributed by atoms with Gasteiger partial charge < -0.3 is 16.0 Å². The number of likely N-dealkylation sites (tertiary alicyclic amines) is 1. The number of allylic oxidation sites excluding steroid dienone is 2. The molecule has 0 unspecified atom stereocenters. The predicted molar refractivity (Wildman–Crippen MR) is 156 cm³/mol. The predicted octanol–water partition coefficient (Wildman–Crippen LogP) is 4.37. The first kappa shape index (κ1) is 28.8. The molecule has 1 aliphatic carbocycles. The summed E-state index contributed by atoms with van der Waals surface area (Å²) in [6.07, 6.45) is 17.3. The number of carbonyl (C=O) groups excluding carboxylic acids is 2. The number of hydrogen-bond donors (Lipinski definition) is 2. The molecule has 1 saturated heterocycles. The quantitative estimate of drug-likeness (QED) is 0.286. The van der Waals surface area contributed by atoms with Gasteiger partial charge in [0.1, 0.15) is 5.78 Å². The molecule has 3 aliphatic rings. The fraction of sp³-hybridized carbons (Fsp3) is 0.600. The molecular formula is C30H43N7O2. The highest BCUT2D eigenvalue weighted by atomic mass is 16.2. The molecule has 1 spiro atoms. The van der Waals surface area contributed by atoms with Gasteiger partial charge in [-0.1, -0.05) is 19.8 Å². The first-order valence-electron chi connectivity index (χ1n) is 14.3. The summed E-state index contributed by atoms with van der Waals surface area (Å²) in [6.45, 7) is 5.91. The molecule has 2 atom stereocenters. The van der Waals surface area contributed by atoms with Crippen molar-refractivity contribution in [1.29, 1.82) is 0 Å². The van der Waals surface area contributed by atoms with Gasteiger partial charge >= 0.3 is 0 Å². The SMILES string of the molecule is CCC(=O)CCCCC[C@H](NC(=O)[C@H]1CC12CCN(C)CC2)C1=NC=C(c2cnc(N=CC(C)=CN)nc2)C1. The van der Waals surface area contributed by atoms with Crippen LogP contribution in [-0.2, 0) is 9.59 Å². The first-order chi connectivity index (χ1) is 18.8. The van der Waals surface area contributed by atoms with E-state index in [-0.39, 0.29) is 23.3 Å². The number of rotatable bonds is 13. The van der Waals surface area contributed by atoms with Crippen molar-refractivity contribution in [2.75, 3.05) is 20.1 Å². The van der Waals surface area contributed by atoms with Gasteiger partial charge in [0.2, 0.25) is 11.9 Å². The Morgan fingerprint density at radius 1 is 1.23 bits per heavy atom. The fourth-order valence-electron chi connectivity index (χ4n) is 5.55. The lowest BCUT2D eigenvalue weighted by molar-refractivity contribution is -0.123. The maximum atomic E-state index is 13.4. The number of hydrogen-bond acceptors (Lipinski definition) is 8. The second-order valence-corrected chi connectivity index (χ2v) is 11.4. The Hall–Kier alpha value is -3.20. The standard InChI is InChI=1S/C30H43N7O2/c1-4-24(38)8-6-5-7-9-26(36-28(39)25-15-30(25)10-12-37(3)13-11-30)27-14-22(18-32-27)23-19-34-29(35-20-23)33-17-21(2)16-31/h16-20,25-26H,4-15,31H2,1-3H3,(H,36,39)/t25-,26+/m1/s1. The molecule has 0 radical (unpaired) electrons. The van der Waals surface area contributed by atoms with Crippen LogP contribution in [0, 0.1) is 11.3 Å². The Kier molecular flexibility index (Phi) is 9.78. The van der Waals surface area contributed by atoms with Crippen LogP contribution >= 0.6 is 0 Å². The Labute approximate surface area is 232 Å². The van der Waals surface area contributed by atoms with Crippen molar-refractivity contribution in [3.8, 4) is 0 Å². The maximum absolute atomic E-state index is 13.4. The van der Waals surface area contributed by atoms with Crippen LogP contribution in [0.25, 0.3) is 5.57 Å². The molecule has 1 amide bonds. The molecule has 210 valence electrons. The second-order valence-electron chi connectivity index (χ2n) is 11.4. The number of nitrogens with two attached hydrogens (primary N) is 1. The summed E-state index contributed by atoms with van der Waals surface area (Å²) in [7, 11) is 2.16. The van der Waals surface area contributed by atoms with Crippen LogP contribution in [0.2, 0.25) is 0 Å². The average Bonchev–Trinajstić information content (AvgIpc) is 3.43. The summed E-state index contributed by atoms with van der Waals surface area (Å²) < 4.78 is 0. The summed E-state index contributed by atoms with van der Waals surface area (Å²) in [5.41, 5.74) is 9.42. The van der Waals surface area contributed by atoms with Gasteiger partial charge in [0.25, 0.3) is 0 Å². The van der Waals surface area contributed by atoms with Crippen molar-refractivity contribution in [3.05, 3.63) is 35.9 Å². The van der Waals surface area contributed by atoms with Crippen molar-refractivity contribution in [2.45, 2.75) is 84.1 Å². The normalized spacial score (nSPS) is 21.6. The van der Waals surface area contributed by atoms with Gasteiger partial charge in [-0.15, -0.1) is 0 Å². The second kappa shape index (κ2) is 13.2. The van der Waals surface area contributed by atoms with Crippen molar-refractivity contribution in [2.24, 2.45) is 27.1 Å². The smallest absolute Gasteiger partial charge is 0.249 e. The zero-order valence-corrected chi connectivity index (χ0v) is 23.7. The summed E-state index contributed by atoms with van der Waals surface area (Å²) in [5.74, 6) is 0.980. The van der Waals surface area contributed by atoms with E-state index in [0.29, 0.717) is 31.0 Å². The summed E-state index contributed by atoms with van der Waals surface area (Å²) >= 11 is 0. The Balaban J connectivity index is 1.35. The van der Waals surface area contributed by atoms with Crippen LogP contribution in [0.1, 0.15) is 83.6 Å². The number of nitrogens with one attached hydrogen (secondary N) is 1. The summed E-state index contributed by atoms with van der Waals surface area (Å²) in [4.78, 5) is 45.1. The molecule has 1 aromatic heterocycles. The minimum atomic E-state index is -0.104. The molecular weight excluding hydrogens is 490 g/mol. The van der Waals surface area contributed by atoms with Crippen LogP contribution in [-0.4, -0.2) is 64.7 Å². The number of nitrogens with zero attached hydrogens (tertiary/aromatic N) is 5. The van der Waals surface area contributed by atoms with E-state index in [2.05, 4.69) is 32.2 Å². The van der Waals surface area contributed by atoms with Gasteiger partial charge in [0.15, 0.2) is 0 Å². The molecule has 3 heterocycles. The minimum absolute atomic E-state index is 0.104. The largest absolute Gasteiger partial charge is 0.404 e. The Morgan fingerprint density at radius 3 is 2.67 bits per heavy atom. The molecule has 3 N–H and O–H groups in total. The number of piperidine rings is 1. The summed E-state index contributed by atoms with van der Waals surface area (Å²) in [6, 6.07) is -0.104. The third-order valence-corrected chi connectivity index (χ3v) is 8.46. The zero-order valence-electron chi connectivity index (χ0n) is 23.7. The molecule has 2 fully saturated rings. The van der Waals surface area contributed by atoms with E-state index in [0.717, 1.165) is 80.5 Å².